The van der Waals surface area contributed by atoms with Gasteiger partial charge in [0.25, 0.3) is 5.92 Å². The Hall–Kier alpha value is -3.35. The van der Waals surface area contributed by atoms with Crippen LogP contribution in [0, 0.1) is 0 Å². The van der Waals surface area contributed by atoms with Crippen LogP contribution in [0.2, 0.25) is 0 Å². The molecule has 2 aromatic heterocycles. The molecule has 0 atom stereocenters. The van der Waals surface area contributed by atoms with E-state index in [0.717, 1.165) is 32.9 Å². The first-order valence-electron chi connectivity index (χ1n) is 10.1. The predicted octanol–water partition coefficient (Wildman–Crippen LogP) is 5.90. The van der Waals surface area contributed by atoms with Crippen LogP contribution in [0.25, 0.3) is 32.9 Å². The number of ether oxygens (including phenoxy) is 2. The summed E-state index contributed by atoms with van der Waals surface area (Å²) in [6.07, 6.45) is 3.15. The molecule has 0 saturated carbocycles. The lowest BCUT2D eigenvalue weighted by atomic mass is 9.96. The molecule has 3 heterocycles. The Balaban J connectivity index is 1.61. The predicted molar refractivity (Wildman–Crippen MR) is 116 cm³/mol. The second-order valence-electron chi connectivity index (χ2n) is 7.77. The van der Waals surface area contributed by atoms with Gasteiger partial charge in [0.1, 0.15) is 11.4 Å². The van der Waals surface area contributed by atoms with Gasteiger partial charge in [0, 0.05) is 48.6 Å². The van der Waals surface area contributed by atoms with Crippen molar-refractivity contribution < 1.29 is 22.7 Å². The van der Waals surface area contributed by atoms with Crippen molar-refractivity contribution in [3.8, 4) is 22.6 Å². The summed E-state index contributed by atoms with van der Waals surface area (Å²) in [5.74, 6) is -0.598. The van der Waals surface area contributed by atoms with E-state index in [0.29, 0.717) is 30.4 Å². The van der Waals surface area contributed by atoms with E-state index in [1.807, 2.05) is 35.2 Å². The van der Waals surface area contributed by atoms with Crippen LogP contribution in [-0.4, -0.2) is 38.2 Å². The fraction of sp³-hybridized carbons (Fsp3) is 0.292. The van der Waals surface area contributed by atoms with E-state index in [-0.39, 0.29) is 12.8 Å². The fourth-order valence-electron chi connectivity index (χ4n) is 4.23. The number of halogens is 2. The van der Waals surface area contributed by atoms with Gasteiger partial charge in [0.15, 0.2) is 11.5 Å². The van der Waals surface area contributed by atoms with E-state index in [1.165, 1.54) is 0 Å². The molecule has 0 spiro atoms. The van der Waals surface area contributed by atoms with Gasteiger partial charge in [-0.1, -0.05) is 0 Å². The number of aromatic nitrogens is 1. The molecule has 1 aliphatic rings. The van der Waals surface area contributed by atoms with E-state index in [2.05, 4.69) is 11.1 Å². The molecule has 1 aliphatic heterocycles. The first kappa shape index (κ1) is 19.6. The van der Waals surface area contributed by atoms with Crippen molar-refractivity contribution in [2.24, 2.45) is 0 Å². The maximum Gasteiger partial charge on any atom is 0.251 e. The molecule has 0 N–H and O–H groups in total. The Kier molecular flexibility index (Phi) is 4.68. The van der Waals surface area contributed by atoms with Crippen molar-refractivity contribution in [3.63, 3.8) is 0 Å². The average Bonchev–Trinajstić information content (AvgIpc) is 3.24. The van der Waals surface area contributed by atoms with Crippen molar-refractivity contribution in [2.75, 3.05) is 32.2 Å². The van der Waals surface area contributed by atoms with Gasteiger partial charge in [0.05, 0.1) is 20.5 Å². The molecule has 0 radical (unpaired) electrons. The third-order valence-electron chi connectivity index (χ3n) is 5.91. The van der Waals surface area contributed by atoms with Gasteiger partial charge in [-0.25, -0.2) is 13.8 Å². The second kappa shape index (κ2) is 7.41. The van der Waals surface area contributed by atoms with E-state index in [4.69, 9.17) is 13.9 Å². The minimum atomic E-state index is -2.58. The highest BCUT2D eigenvalue weighted by molar-refractivity contribution is 6.11. The zero-order valence-corrected chi connectivity index (χ0v) is 17.3. The molecule has 5 rings (SSSR count). The van der Waals surface area contributed by atoms with Crippen LogP contribution in [0.5, 0.6) is 11.5 Å². The Morgan fingerprint density at radius 2 is 1.71 bits per heavy atom. The van der Waals surface area contributed by atoms with E-state index < -0.39 is 5.92 Å². The van der Waals surface area contributed by atoms with Gasteiger partial charge >= 0.3 is 0 Å². The van der Waals surface area contributed by atoms with Crippen molar-refractivity contribution in [1.29, 1.82) is 0 Å². The summed E-state index contributed by atoms with van der Waals surface area (Å²) in [7, 11) is 3.22. The third kappa shape index (κ3) is 3.44. The molecule has 160 valence electrons. The quantitative estimate of drug-likeness (QED) is 0.408. The fourth-order valence-corrected chi connectivity index (χ4v) is 4.23. The summed E-state index contributed by atoms with van der Waals surface area (Å²) in [5.41, 5.74) is 2.54. The third-order valence-corrected chi connectivity index (χ3v) is 5.91. The number of furan rings is 1. The molecular formula is C24H22F2N2O3. The summed E-state index contributed by atoms with van der Waals surface area (Å²) in [5, 5.41) is 2.91. The van der Waals surface area contributed by atoms with Gasteiger partial charge in [0.2, 0.25) is 0 Å². The molecule has 2 aromatic carbocycles. The van der Waals surface area contributed by atoms with Crippen LogP contribution in [-0.2, 0) is 0 Å². The molecular weight excluding hydrogens is 402 g/mol. The Labute approximate surface area is 178 Å². The number of hydrogen-bond acceptors (Lipinski definition) is 5. The highest BCUT2D eigenvalue weighted by atomic mass is 19.3. The number of nitrogens with zero attached hydrogens (tertiary/aromatic N) is 2. The molecule has 1 saturated heterocycles. The van der Waals surface area contributed by atoms with Crippen LogP contribution in [0.3, 0.4) is 0 Å². The lowest BCUT2D eigenvalue weighted by Gasteiger charge is -2.32. The Morgan fingerprint density at radius 3 is 2.39 bits per heavy atom. The van der Waals surface area contributed by atoms with Crippen LogP contribution >= 0.6 is 0 Å². The largest absolute Gasteiger partial charge is 0.493 e. The smallest absolute Gasteiger partial charge is 0.251 e. The number of piperidine rings is 1. The monoisotopic (exact) mass is 424 g/mol. The topological polar surface area (TPSA) is 47.7 Å². The molecule has 0 amide bonds. The SMILES string of the molecule is COc1cc2cc3ccoc3c(-c3ccc(N4CCC(F)(F)CC4)nc3)c2cc1OC. The van der Waals surface area contributed by atoms with Gasteiger partial charge in [-0.2, -0.15) is 0 Å². The highest BCUT2D eigenvalue weighted by Gasteiger charge is 2.34. The van der Waals surface area contributed by atoms with Crippen molar-refractivity contribution in [3.05, 3.63) is 48.9 Å². The van der Waals surface area contributed by atoms with Gasteiger partial charge in [-0.3, -0.25) is 0 Å². The summed E-state index contributed by atoms with van der Waals surface area (Å²) in [6.45, 7) is 0.597. The zero-order valence-electron chi connectivity index (χ0n) is 17.3. The normalized spacial score (nSPS) is 16.1. The molecule has 1 fully saturated rings. The summed E-state index contributed by atoms with van der Waals surface area (Å²) < 4.78 is 43.8. The Bertz CT molecular complexity index is 1240. The van der Waals surface area contributed by atoms with E-state index >= 15 is 0 Å². The van der Waals surface area contributed by atoms with Crippen LogP contribution < -0.4 is 14.4 Å². The number of pyridine rings is 1. The standard InChI is InChI=1S/C24H22F2N2O3/c1-29-19-12-17-11-15-5-10-31-23(15)22(18(17)13-20(19)30-2)16-3-4-21(27-14-16)28-8-6-24(25,26)7-9-28/h3-5,10-14H,6-9H2,1-2H3. The maximum absolute atomic E-state index is 13.5. The maximum atomic E-state index is 13.5. The number of fused-ring (bicyclic) bond motifs is 2. The van der Waals surface area contributed by atoms with Crippen LogP contribution in [0.1, 0.15) is 12.8 Å². The molecule has 0 aliphatic carbocycles. The molecule has 4 aromatic rings. The lowest BCUT2D eigenvalue weighted by Crippen LogP contribution is -2.39. The van der Waals surface area contributed by atoms with Gasteiger partial charge in [-0.05, 0) is 47.2 Å². The van der Waals surface area contributed by atoms with Crippen molar-refractivity contribution >= 4 is 27.6 Å². The number of methoxy groups -OCH3 is 2. The van der Waals surface area contributed by atoms with Crippen molar-refractivity contribution in [2.45, 2.75) is 18.8 Å². The van der Waals surface area contributed by atoms with Crippen LogP contribution in [0.4, 0.5) is 14.6 Å². The van der Waals surface area contributed by atoms with Gasteiger partial charge in [-0.15, -0.1) is 0 Å². The number of hydrogen-bond donors (Lipinski definition) is 0. The number of rotatable bonds is 4. The lowest BCUT2D eigenvalue weighted by molar-refractivity contribution is -0.0221. The minimum Gasteiger partial charge on any atom is -0.493 e. The average molecular weight is 424 g/mol. The number of alkyl halides is 2. The van der Waals surface area contributed by atoms with E-state index in [1.54, 1.807) is 26.7 Å². The summed E-state index contributed by atoms with van der Waals surface area (Å²) in [6, 6.07) is 11.7. The molecule has 5 nitrogen and oxygen atoms in total. The minimum absolute atomic E-state index is 0.144. The molecule has 7 heteroatoms. The summed E-state index contributed by atoms with van der Waals surface area (Å²) in [4.78, 5) is 6.49. The second-order valence-corrected chi connectivity index (χ2v) is 7.77. The molecule has 0 unspecified atom stereocenters. The first-order chi connectivity index (χ1) is 15.0. The summed E-state index contributed by atoms with van der Waals surface area (Å²) >= 11 is 0. The number of anilines is 1. The molecule has 31 heavy (non-hydrogen) atoms. The number of benzene rings is 2. The van der Waals surface area contributed by atoms with E-state index in [9.17, 15) is 8.78 Å². The highest BCUT2D eigenvalue weighted by Crippen LogP contribution is 2.42. The molecule has 0 bridgehead atoms. The van der Waals surface area contributed by atoms with Crippen LogP contribution in [0.15, 0.2) is 53.3 Å². The zero-order chi connectivity index (χ0) is 21.6. The Morgan fingerprint density at radius 1 is 0.968 bits per heavy atom. The van der Waals surface area contributed by atoms with Gasteiger partial charge < -0.3 is 18.8 Å². The van der Waals surface area contributed by atoms with Crippen molar-refractivity contribution in [1.82, 2.24) is 4.98 Å². The first-order valence-corrected chi connectivity index (χ1v) is 10.1.